The van der Waals surface area contributed by atoms with Gasteiger partial charge in [-0.25, -0.2) is 4.98 Å². The molecule has 0 saturated carbocycles. The largest absolute Gasteiger partial charge is 0.493 e. The molecule has 0 unspecified atom stereocenters. The summed E-state index contributed by atoms with van der Waals surface area (Å²) in [6.07, 6.45) is 0.232. The van der Waals surface area contributed by atoms with Crippen LogP contribution in [0, 0.1) is 6.92 Å². The number of rotatable bonds is 6. The highest BCUT2D eigenvalue weighted by Crippen LogP contribution is 2.28. The molecule has 0 atom stereocenters. The summed E-state index contributed by atoms with van der Waals surface area (Å²) in [6.45, 7) is 1.97. The first-order chi connectivity index (χ1) is 14.6. The molecule has 30 heavy (non-hydrogen) atoms. The summed E-state index contributed by atoms with van der Waals surface area (Å²) in [4.78, 5) is 17.2. The molecule has 1 amide bonds. The predicted molar refractivity (Wildman–Crippen MR) is 118 cm³/mol. The second-order valence-corrected chi connectivity index (χ2v) is 6.95. The van der Waals surface area contributed by atoms with Gasteiger partial charge in [0.1, 0.15) is 5.82 Å². The summed E-state index contributed by atoms with van der Waals surface area (Å²) in [7, 11) is 3.16. The molecule has 0 fully saturated rings. The SMILES string of the molecule is COc1ccc(CC(=O)Nc2ccc3c(c2)nc(C)n3-c2ccccc2)cc1OC. The van der Waals surface area contributed by atoms with Crippen LogP contribution < -0.4 is 14.8 Å². The number of ether oxygens (including phenoxy) is 2. The van der Waals surface area contributed by atoms with Gasteiger partial charge in [0.25, 0.3) is 0 Å². The molecule has 4 rings (SSSR count). The van der Waals surface area contributed by atoms with Gasteiger partial charge in [0.05, 0.1) is 31.7 Å². The molecule has 1 N–H and O–H groups in total. The fourth-order valence-corrected chi connectivity index (χ4v) is 3.56. The van der Waals surface area contributed by atoms with Gasteiger partial charge in [0.2, 0.25) is 5.91 Å². The maximum Gasteiger partial charge on any atom is 0.228 e. The number of imidazole rings is 1. The second-order valence-electron chi connectivity index (χ2n) is 6.95. The lowest BCUT2D eigenvalue weighted by Crippen LogP contribution is -2.14. The third kappa shape index (κ3) is 3.85. The maximum atomic E-state index is 12.6. The van der Waals surface area contributed by atoms with E-state index in [1.54, 1.807) is 20.3 Å². The van der Waals surface area contributed by atoms with Gasteiger partial charge in [-0.2, -0.15) is 0 Å². The zero-order valence-electron chi connectivity index (χ0n) is 17.2. The van der Waals surface area contributed by atoms with Crippen molar-refractivity contribution < 1.29 is 14.3 Å². The van der Waals surface area contributed by atoms with E-state index in [0.29, 0.717) is 17.2 Å². The Morgan fingerprint density at radius 2 is 1.73 bits per heavy atom. The van der Waals surface area contributed by atoms with Crippen LogP contribution in [-0.2, 0) is 11.2 Å². The summed E-state index contributed by atoms with van der Waals surface area (Å²) < 4.78 is 12.7. The van der Waals surface area contributed by atoms with Crippen LogP contribution in [-0.4, -0.2) is 29.7 Å². The van der Waals surface area contributed by atoms with E-state index in [1.165, 1.54) is 0 Å². The van der Waals surface area contributed by atoms with Crippen molar-refractivity contribution in [2.24, 2.45) is 0 Å². The van der Waals surface area contributed by atoms with Crippen molar-refractivity contribution in [2.75, 3.05) is 19.5 Å². The molecule has 3 aromatic carbocycles. The van der Waals surface area contributed by atoms with Crippen LogP contribution in [0.25, 0.3) is 16.7 Å². The number of aryl methyl sites for hydroxylation is 1. The molecular weight excluding hydrogens is 378 g/mol. The smallest absolute Gasteiger partial charge is 0.228 e. The number of aromatic nitrogens is 2. The summed E-state index contributed by atoms with van der Waals surface area (Å²) in [6, 6.07) is 21.3. The minimum Gasteiger partial charge on any atom is -0.493 e. The van der Waals surface area contributed by atoms with Gasteiger partial charge in [0, 0.05) is 11.4 Å². The van der Waals surface area contributed by atoms with Gasteiger partial charge in [-0.3, -0.25) is 9.36 Å². The van der Waals surface area contributed by atoms with Gasteiger partial charge in [-0.05, 0) is 55.0 Å². The third-order valence-electron chi connectivity index (χ3n) is 4.93. The molecule has 0 saturated heterocycles. The molecule has 6 heteroatoms. The van der Waals surface area contributed by atoms with Crippen LogP contribution in [0.5, 0.6) is 11.5 Å². The molecule has 6 nitrogen and oxygen atoms in total. The van der Waals surface area contributed by atoms with E-state index in [1.807, 2.05) is 67.6 Å². The first-order valence-corrected chi connectivity index (χ1v) is 9.64. The Balaban J connectivity index is 1.54. The van der Waals surface area contributed by atoms with Crippen LogP contribution in [0.15, 0.2) is 66.7 Å². The highest BCUT2D eigenvalue weighted by atomic mass is 16.5. The second kappa shape index (κ2) is 8.29. The van der Waals surface area contributed by atoms with Crippen molar-refractivity contribution in [3.8, 4) is 17.2 Å². The van der Waals surface area contributed by atoms with E-state index in [0.717, 1.165) is 28.1 Å². The maximum absolute atomic E-state index is 12.6. The van der Waals surface area contributed by atoms with Crippen LogP contribution >= 0.6 is 0 Å². The van der Waals surface area contributed by atoms with E-state index < -0.39 is 0 Å². The van der Waals surface area contributed by atoms with Gasteiger partial charge in [0.15, 0.2) is 11.5 Å². The van der Waals surface area contributed by atoms with Crippen LogP contribution in [0.2, 0.25) is 0 Å². The minimum absolute atomic E-state index is 0.110. The van der Waals surface area contributed by atoms with Crippen LogP contribution in [0.4, 0.5) is 5.69 Å². The first kappa shape index (κ1) is 19.5. The van der Waals surface area contributed by atoms with Crippen molar-refractivity contribution in [2.45, 2.75) is 13.3 Å². The number of nitrogens with zero attached hydrogens (tertiary/aromatic N) is 2. The van der Waals surface area contributed by atoms with E-state index in [9.17, 15) is 4.79 Å². The minimum atomic E-state index is -0.110. The topological polar surface area (TPSA) is 65.4 Å². The highest BCUT2D eigenvalue weighted by molar-refractivity contribution is 5.94. The number of hydrogen-bond donors (Lipinski definition) is 1. The Hall–Kier alpha value is -3.80. The molecule has 0 bridgehead atoms. The molecule has 4 aromatic rings. The summed E-state index contributed by atoms with van der Waals surface area (Å²) in [5, 5.41) is 2.96. The fourth-order valence-electron chi connectivity index (χ4n) is 3.56. The predicted octanol–water partition coefficient (Wildman–Crippen LogP) is 4.53. The Kier molecular flexibility index (Phi) is 5.39. The lowest BCUT2D eigenvalue weighted by molar-refractivity contribution is -0.115. The van der Waals surface area contributed by atoms with Crippen LogP contribution in [0.1, 0.15) is 11.4 Å². The quantitative estimate of drug-likeness (QED) is 0.515. The van der Waals surface area contributed by atoms with Gasteiger partial charge >= 0.3 is 0 Å². The molecule has 0 aliphatic carbocycles. The first-order valence-electron chi connectivity index (χ1n) is 9.64. The van der Waals surface area contributed by atoms with Crippen LogP contribution in [0.3, 0.4) is 0 Å². The summed E-state index contributed by atoms with van der Waals surface area (Å²) in [5.41, 5.74) is 4.45. The van der Waals surface area contributed by atoms with Gasteiger partial charge < -0.3 is 14.8 Å². The molecule has 1 heterocycles. The highest BCUT2D eigenvalue weighted by Gasteiger charge is 2.12. The third-order valence-corrected chi connectivity index (χ3v) is 4.93. The normalized spacial score (nSPS) is 10.8. The number of carbonyl (C=O) groups excluding carboxylic acids is 1. The van der Waals surface area contributed by atoms with Crippen molar-refractivity contribution in [1.82, 2.24) is 9.55 Å². The van der Waals surface area contributed by atoms with E-state index in [2.05, 4.69) is 14.9 Å². The monoisotopic (exact) mass is 401 g/mol. The number of amides is 1. The van der Waals surface area contributed by atoms with Gasteiger partial charge in [-0.15, -0.1) is 0 Å². The van der Waals surface area contributed by atoms with E-state index >= 15 is 0 Å². The van der Waals surface area contributed by atoms with Gasteiger partial charge in [-0.1, -0.05) is 24.3 Å². The summed E-state index contributed by atoms with van der Waals surface area (Å²) in [5.74, 6) is 2.02. The number of hydrogen-bond acceptors (Lipinski definition) is 4. The molecular formula is C24H23N3O3. The van der Waals surface area contributed by atoms with Crippen molar-refractivity contribution in [1.29, 1.82) is 0 Å². The number of methoxy groups -OCH3 is 2. The Labute approximate surface area is 175 Å². The number of benzene rings is 3. The molecule has 0 aliphatic rings. The Morgan fingerprint density at radius 1 is 0.967 bits per heavy atom. The number of para-hydroxylation sites is 1. The molecule has 0 aliphatic heterocycles. The van der Waals surface area contributed by atoms with Crippen molar-refractivity contribution >= 4 is 22.6 Å². The van der Waals surface area contributed by atoms with E-state index in [4.69, 9.17) is 9.47 Å². The zero-order chi connectivity index (χ0) is 21.1. The number of nitrogens with one attached hydrogen (secondary N) is 1. The average molecular weight is 401 g/mol. The average Bonchev–Trinajstić information content (AvgIpc) is 3.09. The lowest BCUT2D eigenvalue weighted by atomic mass is 10.1. The molecule has 0 spiro atoms. The number of anilines is 1. The van der Waals surface area contributed by atoms with Crippen molar-refractivity contribution in [3.63, 3.8) is 0 Å². The lowest BCUT2D eigenvalue weighted by Gasteiger charge is -2.10. The number of carbonyl (C=O) groups is 1. The molecule has 0 radical (unpaired) electrons. The zero-order valence-corrected chi connectivity index (χ0v) is 17.2. The number of fused-ring (bicyclic) bond motifs is 1. The molecule has 152 valence electrons. The Morgan fingerprint density at radius 3 is 2.47 bits per heavy atom. The van der Waals surface area contributed by atoms with Crippen molar-refractivity contribution in [3.05, 3.63) is 78.1 Å². The standard InChI is InChI=1S/C24H23N3O3/c1-16-25-20-15-18(10-11-21(20)27(16)19-7-5-4-6-8-19)26-24(28)14-17-9-12-22(29-2)23(13-17)30-3/h4-13,15H,14H2,1-3H3,(H,26,28). The fraction of sp³-hybridized carbons (Fsp3) is 0.167. The van der Waals surface area contributed by atoms with E-state index in [-0.39, 0.29) is 12.3 Å². The Bertz CT molecular complexity index is 1200. The molecule has 1 aromatic heterocycles. The summed E-state index contributed by atoms with van der Waals surface area (Å²) >= 11 is 0.